The minimum atomic E-state index is -1.83. The van der Waals surface area contributed by atoms with E-state index in [4.69, 9.17) is 45.2 Å². The van der Waals surface area contributed by atoms with Gasteiger partial charge in [0.05, 0.1) is 31.8 Å². The summed E-state index contributed by atoms with van der Waals surface area (Å²) in [7, 11) is 0. The zero-order valence-electron chi connectivity index (χ0n) is 62.3. The lowest BCUT2D eigenvalue weighted by molar-refractivity contribution is -0.146. The Morgan fingerprint density at radius 1 is 0.481 bits per heavy atom. The van der Waals surface area contributed by atoms with Crippen LogP contribution in [0.15, 0.2) is 45.3 Å². The maximum atomic E-state index is 14.7. The summed E-state index contributed by atoms with van der Waals surface area (Å²) in [6.07, 6.45) is -0.862. The molecule has 12 amide bonds. The summed E-state index contributed by atoms with van der Waals surface area (Å²) in [5.74, 6) is -17.2. The standard InChI is InChI=1S/C68H112N22O18/c1-8-37(6)54(88-63(106)48-23-16-28-90(48)64(107)53(36(4)5)87-61(104)46(33-52(96)97)86-58(101)43(29-35(2)3)83-55(98)40(69)31-50(92)93)65(108)89-27-15-22-47(89)62(105)79-34-49(91)81-41(20-13-25-77-67(72)73)57(100)84-44(30-39-18-10-9-11-19-39)59(102)85-45(32-51(94)95)60(103)82-42(21-14-26-78-68(74)75)56(99)80-38(7)17-12-24-76-66(70)71/h9-11,18-19,35-38,40-48,53-54H,8,12-17,20-34,69H2,1-7H3,(H,79,105)(H,80,99)(H,81,91)(H,82,103)(H,83,98)(H,84,100)(H,85,102)(H,86,101)(H,87,104)(H,88,106)(H,92,93)(H,94,95)(H,96,97)(H4,70,71,76)(H4,72,73,77)(H4,74,75,78)/t37-,38+,40-,41-,42-,43-,44-,45-,46-,47-,48-,53-,54-/m0/s1. The van der Waals surface area contributed by atoms with Crippen LogP contribution in [0.4, 0.5) is 0 Å². The number of aliphatic imine (C=N–C) groups is 3. The first-order chi connectivity index (χ1) is 50.8. The Balaban J connectivity index is 1.85. The predicted octanol–water partition coefficient (Wildman–Crippen LogP) is -5.63. The van der Waals surface area contributed by atoms with Crippen molar-refractivity contribution in [3.63, 3.8) is 0 Å². The number of guanidine groups is 3. The maximum absolute atomic E-state index is 14.7. The molecule has 13 atom stereocenters. The molecule has 1 aromatic rings. The van der Waals surface area contributed by atoms with Gasteiger partial charge in [0.15, 0.2) is 17.9 Å². The first kappa shape index (κ1) is 91.3. The van der Waals surface area contributed by atoms with E-state index in [9.17, 15) is 82.1 Å². The number of hydrogen-bond acceptors (Lipinski definition) is 19. The third-order valence-corrected chi connectivity index (χ3v) is 17.8. The van der Waals surface area contributed by atoms with Crippen molar-refractivity contribution in [3.05, 3.63) is 35.9 Å². The van der Waals surface area contributed by atoms with Gasteiger partial charge in [0.25, 0.3) is 0 Å². The number of carboxylic acid groups (broad SMARTS) is 3. The van der Waals surface area contributed by atoms with E-state index in [2.05, 4.69) is 68.1 Å². The van der Waals surface area contributed by atoms with Crippen molar-refractivity contribution in [2.75, 3.05) is 39.3 Å². The van der Waals surface area contributed by atoms with Gasteiger partial charge >= 0.3 is 17.9 Å². The molecule has 0 bridgehead atoms. The lowest BCUT2D eigenvalue weighted by Gasteiger charge is -2.34. The summed E-state index contributed by atoms with van der Waals surface area (Å²) in [6.45, 7) is 11.4. The Morgan fingerprint density at radius 3 is 1.38 bits per heavy atom. The number of nitrogens with zero attached hydrogens (tertiary/aromatic N) is 5. The highest BCUT2D eigenvalue weighted by atomic mass is 16.4. The molecule has 108 heavy (non-hydrogen) atoms. The smallest absolute Gasteiger partial charge is 0.305 e. The fourth-order valence-electron chi connectivity index (χ4n) is 11.9. The average Bonchev–Trinajstić information content (AvgIpc) is 1.62. The second-order valence-electron chi connectivity index (χ2n) is 27.6. The zero-order chi connectivity index (χ0) is 81.1. The zero-order valence-corrected chi connectivity index (χ0v) is 62.3. The Labute approximate surface area is 626 Å². The molecule has 0 radical (unpaired) electrons. The third-order valence-electron chi connectivity index (χ3n) is 17.8. The number of hydrogen-bond donors (Lipinski definition) is 20. The molecule has 2 aliphatic heterocycles. The molecular formula is C68H112N22O18. The molecule has 2 heterocycles. The number of amides is 12. The van der Waals surface area contributed by atoms with E-state index in [0.717, 1.165) is 0 Å². The molecule has 602 valence electrons. The van der Waals surface area contributed by atoms with Gasteiger partial charge in [-0.25, -0.2) is 0 Å². The fraction of sp³-hybridized carbons (Fsp3) is 0.647. The largest absolute Gasteiger partial charge is 0.481 e. The summed E-state index contributed by atoms with van der Waals surface area (Å²) in [5.41, 5.74) is 39.1. The number of carbonyl (C=O) groups excluding carboxylic acids is 12. The van der Waals surface area contributed by atoms with Crippen LogP contribution in [0.1, 0.15) is 150 Å². The van der Waals surface area contributed by atoms with Crippen molar-refractivity contribution in [2.45, 2.75) is 224 Å². The summed E-state index contributed by atoms with van der Waals surface area (Å²) in [4.78, 5) is 219. The minimum absolute atomic E-state index is 0.0206. The van der Waals surface area contributed by atoms with Crippen molar-refractivity contribution >= 4 is 107 Å². The van der Waals surface area contributed by atoms with Crippen LogP contribution < -0.4 is 93.3 Å². The van der Waals surface area contributed by atoms with E-state index in [-0.39, 0.29) is 108 Å². The number of benzene rings is 1. The summed E-state index contributed by atoms with van der Waals surface area (Å²) >= 11 is 0. The Morgan fingerprint density at radius 2 is 0.898 bits per heavy atom. The Bertz CT molecular complexity index is 3370. The van der Waals surface area contributed by atoms with Gasteiger partial charge in [-0.1, -0.05) is 78.3 Å². The second kappa shape index (κ2) is 46.2. The molecule has 0 spiro atoms. The molecule has 2 saturated heterocycles. The third kappa shape index (κ3) is 32.4. The van der Waals surface area contributed by atoms with Gasteiger partial charge in [-0.3, -0.25) is 86.9 Å². The molecule has 40 nitrogen and oxygen atoms in total. The Kier molecular flexibility index (Phi) is 39.0. The Hall–Kier alpha value is -11.0. The number of rotatable bonds is 47. The van der Waals surface area contributed by atoms with Crippen molar-refractivity contribution in [3.8, 4) is 0 Å². The van der Waals surface area contributed by atoms with E-state index >= 15 is 0 Å². The SMILES string of the molecule is CC[C@H](C)[C@H](NC(=O)[C@@H]1CCCN1C(=O)[C@@H](NC(=O)[C@H](CC(=O)O)NC(=O)[C@H](CC(C)C)NC(=O)[C@@H](N)CC(=O)O)C(C)C)C(=O)N1CCC[C@H]1C(=O)NCC(=O)N[C@@H](CCCN=C(N)N)C(=O)N[C@@H](Cc1ccccc1)C(=O)N[C@@H](CC(=O)O)C(=O)N[C@@H](CCCN=C(N)N)C(=O)N[C@H](C)CCCN=C(N)N. The number of nitrogens with two attached hydrogens (primary N) is 7. The monoisotopic (exact) mass is 1520 g/mol. The molecule has 0 aromatic heterocycles. The quantitative estimate of drug-likeness (QED) is 0.0164. The first-order valence-corrected chi connectivity index (χ1v) is 36.1. The number of likely N-dealkylation sites (tertiary alicyclic amines) is 2. The lowest BCUT2D eigenvalue weighted by Crippen LogP contribution is -2.61. The van der Waals surface area contributed by atoms with Gasteiger partial charge < -0.3 is 118 Å². The molecule has 27 N–H and O–H groups in total. The minimum Gasteiger partial charge on any atom is -0.481 e. The van der Waals surface area contributed by atoms with Gasteiger partial charge in [-0.2, -0.15) is 0 Å². The van der Waals surface area contributed by atoms with E-state index in [1.807, 2.05) is 0 Å². The van der Waals surface area contributed by atoms with Crippen LogP contribution in [-0.4, -0.2) is 244 Å². The van der Waals surface area contributed by atoms with Crippen molar-refractivity contribution in [1.82, 2.24) is 63.0 Å². The summed E-state index contributed by atoms with van der Waals surface area (Å²) in [5, 5.41) is 54.5. The summed E-state index contributed by atoms with van der Waals surface area (Å²) in [6, 6.07) is -8.13. The number of carboxylic acids is 3. The number of aliphatic carboxylic acids is 3. The molecule has 0 unspecified atom stereocenters. The van der Waals surface area contributed by atoms with E-state index in [1.165, 1.54) is 9.80 Å². The molecule has 2 fully saturated rings. The van der Waals surface area contributed by atoms with Gasteiger partial charge in [-0.05, 0) is 101 Å². The second-order valence-corrected chi connectivity index (χ2v) is 27.6. The van der Waals surface area contributed by atoms with Crippen LogP contribution in [-0.2, 0) is 78.3 Å². The van der Waals surface area contributed by atoms with Crippen LogP contribution in [0.5, 0.6) is 0 Å². The van der Waals surface area contributed by atoms with Gasteiger partial charge in [-0.15, -0.1) is 0 Å². The van der Waals surface area contributed by atoms with E-state index in [1.54, 1.807) is 78.8 Å². The molecule has 3 rings (SSSR count). The number of nitrogens with one attached hydrogen (secondary N) is 10. The van der Waals surface area contributed by atoms with Gasteiger partial charge in [0, 0.05) is 45.2 Å². The molecule has 0 aliphatic carbocycles. The molecule has 2 aliphatic rings. The summed E-state index contributed by atoms with van der Waals surface area (Å²) < 4.78 is 0. The predicted molar refractivity (Wildman–Crippen MR) is 394 cm³/mol. The lowest BCUT2D eigenvalue weighted by atomic mass is 9.96. The highest BCUT2D eigenvalue weighted by Gasteiger charge is 2.44. The maximum Gasteiger partial charge on any atom is 0.305 e. The highest BCUT2D eigenvalue weighted by Crippen LogP contribution is 2.25. The fourth-order valence-corrected chi connectivity index (χ4v) is 11.9. The van der Waals surface area contributed by atoms with Crippen molar-refractivity contribution < 1.29 is 87.2 Å². The van der Waals surface area contributed by atoms with Gasteiger partial charge in [0.2, 0.25) is 70.9 Å². The highest BCUT2D eigenvalue weighted by molar-refractivity contribution is 6.01. The van der Waals surface area contributed by atoms with Crippen LogP contribution in [0, 0.1) is 17.8 Å². The topological polar surface area (TPSA) is 663 Å². The van der Waals surface area contributed by atoms with Crippen molar-refractivity contribution in [2.24, 2.45) is 72.9 Å². The van der Waals surface area contributed by atoms with Gasteiger partial charge in [0.1, 0.15) is 60.4 Å². The van der Waals surface area contributed by atoms with Crippen LogP contribution in [0.3, 0.4) is 0 Å². The average molecular weight is 1530 g/mol. The number of carbonyl (C=O) groups is 15. The van der Waals surface area contributed by atoms with Crippen molar-refractivity contribution in [1.29, 1.82) is 0 Å². The first-order valence-electron chi connectivity index (χ1n) is 36.1. The van der Waals surface area contributed by atoms with E-state index < -0.39 is 199 Å². The van der Waals surface area contributed by atoms with E-state index in [0.29, 0.717) is 37.7 Å². The van der Waals surface area contributed by atoms with Crippen LogP contribution in [0.2, 0.25) is 0 Å². The molecule has 40 heteroatoms. The molecule has 1 aromatic carbocycles. The normalized spacial score (nSPS) is 16.9. The van der Waals surface area contributed by atoms with Crippen LogP contribution in [0.25, 0.3) is 0 Å². The van der Waals surface area contributed by atoms with Crippen LogP contribution >= 0.6 is 0 Å². The molecule has 0 saturated carbocycles. The molecular weight excluding hydrogens is 1410 g/mol.